The Kier molecular flexibility index (Phi) is 3.13. The molecule has 0 N–H and O–H groups in total. The maximum absolute atomic E-state index is 12.2. The molecular formula is C13H24N2O. The van der Waals surface area contributed by atoms with E-state index in [1.807, 2.05) is 4.90 Å². The van der Waals surface area contributed by atoms with Crippen molar-refractivity contribution in [3.63, 3.8) is 0 Å². The minimum Gasteiger partial charge on any atom is -0.325 e. The summed E-state index contributed by atoms with van der Waals surface area (Å²) in [6.07, 6.45) is 3.54. The Morgan fingerprint density at radius 1 is 1.06 bits per heavy atom. The van der Waals surface area contributed by atoms with Crippen LogP contribution in [0.25, 0.3) is 0 Å². The van der Waals surface area contributed by atoms with Gasteiger partial charge in [-0.1, -0.05) is 20.8 Å². The van der Waals surface area contributed by atoms with Gasteiger partial charge in [0.05, 0.1) is 0 Å². The van der Waals surface area contributed by atoms with Crippen LogP contribution >= 0.6 is 0 Å². The molecule has 92 valence electrons. The van der Waals surface area contributed by atoms with Crippen LogP contribution in [0.1, 0.15) is 40.0 Å². The van der Waals surface area contributed by atoms with Gasteiger partial charge >= 0.3 is 6.03 Å². The fraction of sp³-hybridized carbons (Fsp3) is 0.923. The Bertz CT molecular complexity index is 264. The molecule has 16 heavy (non-hydrogen) atoms. The molecule has 2 fully saturated rings. The number of hydrogen-bond acceptors (Lipinski definition) is 1. The second-order valence-corrected chi connectivity index (χ2v) is 6.27. The molecule has 2 aliphatic rings. The van der Waals surface area contributed by atoms with Gasteiger partial charge in [-0.15, -0.1) is 0 Å². The van der Waals surface area contributed by atoms with Crippen molar-refractivity contribution < 1.29 is 4.79 Å². The van der Waals surface area contributed by atoms with Crippen LogP contribution in [0, 0.1) is 11.3 Å². The molecular weight excluding hydrogens is 200 g/mol. The molecule has 0 spiro atoms. The Morgan fingerprint density at radius 3 is 2.19 bits per heavy atom. The third-order valence-corrected chi connectivity index (χ3v) is 4.06. The summed E-state index contributed by atoms with van der Waals surface area (Å²) in [6, 6.07) is 0.282. The van der Waals surface area contributed by atoms with Gasteiger partial charge in [0.15, 0.2) is 0 Å². The van der Waals surface area contributed by atoms with Crippen LogP contribution < -0.4 is 0 Å². The number of amides is 2. The smallest absolute Gasteiger partial charge is 0.320 e. The average molecular weight is 224 g/mol. The van der Waals surface area contributed by atoms with E-state index >= 15 is 0 Å². The monoisotopic (exact) mass is 224 g/mol. The van der Waals surface area contributed by atoms with E-state index in [0.29, 0.717) is 11.3 Å². The maximum Gasteiger partial charge on any atom is 0.320 e. The van der Waals surface area contributed by atoms with Gasteiger partial charge < -0.3 is 9.80 Å². The van der Waals surface area contributed by atoms with Crippen molar-refractivity contribution in [2.24, 2.45) is 11.3 Å². The summed E-state index contributed by atoms with van der Waals surface area (Å²) >= 11 is 0. The highest BCUT2D eigenvalue weighted by atomic mass is 16.2. The van der Waals surface area contributed by atoms with Gasteiger partial charge in [0, 0.05) is 26.2 Å². The van der Waals surface area contributed by atoms with Crippen LogP contribution in [0.3, 0.4) is 0 Å². The topological polar surface area (TPSA) is 23.6 Å². The molecule has 3 nitrogen and oxygen atoms in total. The Hall–Kier alpha value is -0.730. The SMILES string of the molecule is CC(C)(C)C1CCN(C(=O)N2CCCC2)C1. The van der Waals surface area contributed by atoms with Gasteiger partial charge in [-0.3, -0.25) is 0 Å². The van der Waals surface area contributed by atoms with Gasteiger partial charge in [-0.05, 0) is 30.6 Å². The molecule has 2 rings (SSSR count). The van der Waals surface area contributed by atoms with Crippen molar-refractivity contribution in [2.45, 2.75) is 40.0 Å². The first-order valence-corrected chi connectivity index (χ1v) is 6.52. The van der Waals surface area contributed by atoms with E-state index in [9.17, 15) is 4.79 Å². The average Bonchev–Trinajstić information content (AvgIpc) is 2.87. The molecule has 1 atom stereocenters. The maximum atomic E-state index is 12.2. The molecule has 2 heterocycles. The third kappa shape index (κ3) is 2.33. The minimum atomic E-state index is 0.282. The van der Waals surface area contributed by atoms with E-state index in [1.165, 1.54) is 19.3 Å². The summed E-state index contributed by atoms with van der Waals surface area (Å²) in [5, 5.41) is 0. The zero-order chi connectivity index (χ0) is 11.8. The van der Waals surface area contributed by atoms with Gasteiger partial charge in [0.25, 0.3) is 0 Å². The third-order valence-electron chi connectivity index (χ3n) is 4.06. The Labute approximate surface area is 98.8 Å². The summed E-state index contributed by atoms with van der Waals surface area (Å²) in [6.45, 7) is 10.7. The number of hydrogen-bond donors (Lipinski definition) is 0. The van der Waals surface area contributed by atoms with Crippen LogP contribution in [0.4, 0.5) is 4.79 Å². The highest BCUT2D eigenvalue weighted by molar-refractivity contribution is 5.75. The molecule has 0 radical (unpaired) electrons. The quantitative estimate of drug-likeness (QED) is 0.620. The fourth-order valence-electron chi connectivity index (χ4n) is 2.75. The van der Waals surface area contributed by atoms with Crippen molar-refractivity contribution in [1.29, 1.82) is 0 Å². The molecule has 3 heteroatoms. The molecule has 0 aromatic heterocycles. The van der Waals surface area contributed by atoms with Gasteiger partial charge in [-0.25, -0.2) is 4.79 Å². The van der Waals surface area contributed by atoms with E-state index < -0.39 is 0 Å². The van der Waals surface area contributed by atoms with Crippen molar-refractivity contribution in [3.8, 4) is 0 Å². The highest BCUT2D eigenvalue weighted by Crippen LogP contribution is 2.34. The van der Waals surface area contributed by atoms with Gasteiger partial charge in [-0.2, -0.15) is 0 Å². The number of rotatable bonds is 0. The largest absolute Gasteiger partial charge is 0.325 e. The summed E-state index contributed by atoms with van der Waals surface area (Å²) in [5.41, 5.74) is 0.333. The normalized spacial score (nSPS) is 26.6. The second kappa shape index (κ2) is 4.27. The van der Waals surface area contributed by atoms with E-state index in [0.717, 1.165) is 26.2 Å². The van der Waals surface area contributed by atoms with Crippen LogP contribution in [0.5, 0.6) is 0 Å². The predicted octanol–water partition coefficient (Wildman–Crippen LogP) is 2.57. The van der Waals surface area contributed by atoms with E-state index in [4.69, 9.17) is 0 Å². The Balaban J connectivity index is 1.90. The number of carbonyl (C=O) groups is 1. The molecule has 0 aromatic carbocycles. The summed E-state index contributed by atoms with van der Waals surface area (Å²) in [7, 11) is 0. The summed E-state index contributed by atoms with van der Waals surface area (Å²) < 4.78 is 0. The zero-order valence-corrected chi connectivity index (χ0v) is 10.8. The second-order valence-electron chi connectivity index (χ2n) is 6.27. The number of likely N-dealkylation sites (tertiary alicyclic amines) is 2. The lowest BCUT2D eigenvalue weighted by molar-refractivity contribution is 0.165. The lowest BCUT2D eigenvalue weighted by atomic mass is 9.80. The molecule has 2 saturated heterocycles. The van der Waals surface area contributed by atoms with Crippen LogP contribution in [-0.4, -0.2) is 42.0 Å². The number of nitrogens with zero attached hydrogens (tertiary/aromatic N) is 2. The predicted molar refractivity (Wildman–Crippen MR) is 65.3 cm³/mol. The minimum absolute atomic E-state index is 0.282. The Morgan fingerprint density at radius 2 is 1.69 bits per heavy atom. The number of carbonyl (C=O) groups excluding carboxylic acids is 1. The van der Waals surface area contributed by atoms with Crippen molar-refractivity contribution in [2.75, 3.05) is 26.2 Å². The molecule has 0 aromatic rings. The fourth-order valence-corrected chi connectivity index (χ4v) is 2.75. The molecule has 0 aliphatic carbocycles. The van der Waals surface area contributed by atoms with Gasteiger partial charge in [0.1, 0.15) is 0 Å². The first-order valence-electron chi connectivity index (χ1n) is 6.52. The molecule has 1 unspecified atom stereocenters. The van der Waals surface area contributed by atoms with E-state index in [1.54, 1.807) is 0 Å². The van der Waals surface area contributed by atoms with E-state index in [-0.39, 0.29) is 6.03 Å². The first kappa shape index (κ1) is 11.7. The highest BCUT2D eigenvalue weighted by Gasteiger charge is 2.35. The van der Waals surface area contributed by atoms with E-state index in [2.05, 4.69) is 25.7 Å². The van der Waals surface area contributed by atoms with Crippen LogP contribution in [-0.2, 0) is 0 Å². The van der Waals surface area contributed by atoms with Crippen molar-refractivity contribution in [3.05, 3.63) is 0 Å². The molecule has 0 bridgehead atoms. The van der Waals surface area contributed by atoms with Gasteiger partial charge in [0.2, 0.25) is 0 Å². The first-order chi connectivity index (χ1) is 7.48. The zero-order valence-electron chi connectivity index (χ0n) is 10.8. The van der Waals surface area contributed by atoms with Crippen molar-refractivity contribution in [1.82, 2.24) is 9.80 Å². The number of urea groups is 1. The molecule has 0 saturated carbocycles. The van der Waals surface area contributed by atoms with Crippen LogP contribution in [0.2, 0.25) is 0 Å². The summed E-state index contributed by atoms with van der Waals surface area (Å²) in [4.78, 5) is 16.2. The van der Waals surface area contributed by atoms with Crippen molar-refractivity contribution >= 4 is 6.03 Å². The standard InChI is InChI=1S/C13H24N2O/c1-13(2,3)11-6-9-15(10-11)12(16)14-7-4-5-8-14/h11H,4-10H2,1-3H3. The lowest BCUT2D eigenvalue weighted by Crippen LogP contribution is -2.41. The van der Waals surface area contributed by atoms with Crippen LogP contribution in [0.15, 0.2) is 0 Å². The summed E-state index contributed by atoms with van der Waals surface area (Å²) in [5.74, 6) is 0.666. The molecule has 2 amide bonds. The molecule has 2 aliphatic heterocycles. The lowest BCUT2D eigenvalue weighted by Gasteiger charge is -2.28.